The topological polar surface area (TPSA) is 0 Å². The van der Waals surface area contributed by atoms with Crippen molar-refractivity contribution in [1.82, 2.24) is 0 Å². The Hall–Kier alpha value is 0.790. The molecule has 1 heterocycles. The van der Waals surface area contributed by atoms with Gasteiger partial charge in [-0.2, -0.15) is 0 Å². The van der Waals surface area contributed by atoms with Gasteiger partial charge in [-0.25, -0.2) is 0 Å². The standard InChI is InChI=1S/C11H20S3/c1-3-5-6-8-11(7-4-2)9-13-10(12)14-11/h3-9H2,1-2H3. The molecule has 1 unspecified atom stereocenters. The highest BCUT2D eigenvalue weighted by molar-refractivity contribution is 8.49. The summed E-state index contributed by atoms with van der Waals surface area (Å²) in [6.45, 7) is 4.56. The Labute approximate surface area is 102 Å². The number of hydrogen-bond donors (Lipinski definition) is 0. The molecule has 0 saturated carbocycles. The van der Waals surface area contributed by atoms with E-state index in [1.165, 1.54) is 47.8 Å². The molecule has 1 saturated heterocycles. The minimum Gasteiger partial charge on any atom is -0.106 e. The van der Waals surface area contributed by atoms with E-state index in [1.54, 1.807) is 0 Å². The zero-order valence-electron chi connectivity index (χ0n) is 9.17. The predicted molar refractivity (Wildman–Crippen MR) is 74.4 cm³/mol. The molecule has 0 bridgehead atoms. The second-order valence-electron chi connectivity index (χ2n) is 4.03. The molecule has 0 aromatic carbocycles. The van der Waals surface area contributed by atoms with E-state index in [1.807, 2.05) is 23.5 Å². The Morgan fingerprint density at radius 1 is 1.21 bits per heavy atom. The van der Waals surface area contributed by atoms with Gasteiger partial charge in [0.15, 0.2) is 0 Å². The van der Waals surface area contributed by atoms with Crippen molar-refractivity contribution < 1.29 is 0 Å². The fraction of sp³-hybridized carbons (Fsp3) is 0.909. The first-order valence-electron chi connectivity index (χ1n) is 5.58. The van der Waals surface area contributed by atoms with E-state index >= 15 is 0 Å². The monoisotopic (exact) mass is 248 g/mol. The summed E-state index contributed by atoms with van der Waals surface area (Å²) >= 11 is 9.17. The molecule has 0 aromatic rings. The van der Waals surface area contributed by atoms with Crippen LogP contribution in [0, 0.1) is 0 Å². The molecule has 0 spiro atoms. The van der Waals surface area contributed by atoms with E-state index in [4.69, 9.17) is 12.2 Å². The fourth-order valence-electron chi connectivity index (χ4n) is 1.95. The van der Waals surface area contributed by atoms with Gasteiger partial charge < -0.3 is 0 Å². The van der Waals surface area contributed by atoms with Crippen molar-refractivity contribution in [3.05, 3.63) is 0 Å². The lowest BCUT2D eigenvalue weighted by Crippen LogP contribution is -2.24. The van der Waals surface area contributed by atoms with Gasteiger partial charge in [-0.3, -0.25) is 0 Å². The van der Waals surface area contributed by atoms with E-state index in [0.29, 0.717) is 4.75 Å². The van der Waals surface area contributed by atoms with Crippen molar-refractivity contribution in [2.24, 2.45) is 0 Å². The van der Waals surface area contributed by atoms with Crippen LogP contribution < -0.4 is 0 Å². The summed E-state index contributed by atoms with van der Waals surface area (Å²) in [5.74, 6) is 1.26. The van der Waals surface area contributed by atoms with Crippen molar-refractivity contribution in [3.8, 4) is 0 Å². The molecule has 1 aliphatic rings. The summed E-state index contributed by atoms with van der Waals surface area (Å²) in [6, 6.07) is 0. The smallest absolute Gasteiger partial charge is 0.104 e. The van der Waals surface area contributed by atoms with Crippen molar-refractivity contribution in [1.29, 1.82) is 0 Å². The van der Waals surface area contributed by atoms with Crippen LogP contribution in [0.1, 0.15) is 52.4 Å². The van der Waals surface area contributed by atoms with Crippen LogP contribution in [0.3, 0.4) is 0 Å². The minimum absolute atomic E-state index is 0.506. The lowest BCUT2D eigenvalue weighted by molar-refractivity contribution is 0.512. The Balaban J connectivity index is 2.41. The first-order valence-corrected chi connectivity index (χ1v) is 7.79. The van der Waals surface area contributed by atoms with Gasteiger partial charge in [0.1, 0.15) is 3.53 Å². The van der Waals surface area contributed by atoms with E-state index < -0.39 is 0 Å². The SMILES string of the molecule is CCCCCC1(CCC)CSC(=S)S1. The quantitative estimate of drug-likeness (QED) is 0.486. The van der Waals surface area contributed by atoms with Crippen LogP contribution in [0.15, 0.2) is 0 Å². The average molecular weight is 248 g/mol. The van der Waals surface area contributed by atoms with Gasteiger partial charge in [0.25, 0.3) is 0 Å². The minimum atomic E-state index is 0.506. The molecule has 1 atom stereocenters. The first-order chi connectivity index (χ1) is 6.72. The fourth-order valence-corrected chi connectivity index (χ4v) is 5.59. The van der Waals surface area contributed by atoms with E-state index in [2.05, 4.69) is 13.8 Å². The van der Waals surface area contributed by atoms with Crippen LogP contribution in [0.2, 0.25) is 0 Å². The molecule has 14 heavy (non-hydrogen) atoms. The predicted octanol–water partition coefficient (Wildman–Crippen LogP) is 4.87. The Morgan fingerprint density at radius 3 is 2.50 bits per heavy atom. The molecular formula is C11H20S3. The van der Waals surface area contributed by atoms with Crippen LogP contribution in [-0.2, 0) is 0 Å². The maximum absolute atomic E-state index is 5.29. The zero-order valence-corrected chi connectivity index (χ0v) is 11.6. The molecule has 0 aliphatic carbocycles. The number of rotatable bonds is 6. The molecule has 3 heteroatoms. The molecule has 0 aromatic heterocycles. The van der Waals surface area contributed by atoms with E-state index in [0.717, 1.165) is 0 Å². The molecule has 1 fully saturated rings. The maximum atomic E-state index is 5.29. The largest absolute Gasteiger partial charge is 0.106 e. The Morgan fingerprint density at radius 2 is 2.00 bits per heavy atom. The molecule has 0 nitrogen and oxygen atoms in total. The van der Waals surface area contributed by atoms with Crippen molar-refractivity contribution in [3.63, 3.8) is 0 Å². The third kappa shape index (κ3) is 3.74. The molecule has 0 N–H and O–H groups in total. The van der Waals surface area contributed by atoms with Gasteiger partial charge in [-0.15, -0.1) is 23.5 Å². The second-order valence-corrected chi connectivity index (χ2v) is 7.68. The van der Waals surface area contributed by atoms with Crippen molar-refractivity contribution >= 4 is 39.3 Å². The van der Waals surface area contributed by atoms with Gasteiger partial charge >= 0.3 is 0 Å². The van der Waals surface area contributed by atoms with Crippen LogP contribution in [0.5, 0.6) is 0 Å². The summed E-state index contributed by atoms with van der Waals surface area (Å²) in [7, 11) is 0. The van der Waals surface area contributed by atoms with Gasteiger partial charge in [0.05, 0.1) is 0 Å². The van der Waals surface area contributed by atoms with Crippen LogP contribution >= 0.6 is 35.7 Å². The van der Waals surface area contributed by atoms with Gasteiger partial charge in [-0.05, 0) is 12.8 Å². The number of thioether (sulfide) groups is 2. The second kappa shape index (κ2) is 6.39. The highest BCUT2D eigenvalue weighted by Crippen LogP contribution is 2.48. The van der Waals surface area contributed by atoms with Crippen molar-refractivity contribution in [2.75, 3.05) is 5.75 Å². The van der Waals surface area contributed by atoms with Gasteiger partial charge in [0, 0.05) is 10.5 Å². The number of unbranched alkanes of at least 4 members (excludes halogenated alkanes) is 2. The van der Waals surface area contributed by atoms with Crippen LogP contribution in [0.25, 0.3) is 0 Å². The lowest BCUT2D eigenvalue weighted by atomic mass is 9.97. The summed E-state index contributed by atoms with van der Waals surface area (Å²) in [5.41, 5.74) is 0. The van der Waals surface area contributed by atoms with Crippen LogP contribution in [0.4, 0.5) is 0 Å². The highest BCUT2D eigenvalue weighted by Gasteiger charge is 2.36. The highest BCUT2D eigenvalue weighted by atomic mass is 32.2. The summed E-state index contributed by atoms with van der Waals surface area (Å²) < 4.78 is 1.68. The third-order valence-corrected chi connectivity index (χ3v) is 6.17. The number of hydrogen-bond acceptors (Lipinski definition) is 3. The molecule has 82 valence electrons. The Bertz CT molecular complexity index is 191. The zero-order chi connectivity index (χ0) is 10.4. The molecule has 1 rings (SSSR count). The Kier molecular flexibility index (Phi) is 5.87. The number of thiocarbonyl (C=S) groups is 1. The maximum Gasteiger partial charge on any atom is 0.104 e. The lowest BCUT2D eigenvalue weighted by Gasteiger charge is -2.26. The van der Waals surface area contributed by atoms with Crippen LogP contribution in [-0.4, -0.2) is 14.0 Å². The third-order valence-electron chi connectivity index (χ3n) is 2.69. The van der Waals surface area contributed by atoms with E-state index in [-0.39, 0.29) is 0 Å². The summed E-state index contributed by atoms with van der Waals surface area (Å²) in [6.07, 6.45) is 8.09. The molecule has 0 amide bonds. The van der Waals surface area contributed by atoms with Gasteiger partial charge in [0.2, 0.25) is 0 Å². The summed E-state index contributed by atoms with van der Waals surface area (Å²) in [5, 5.41) is 0. The van der Waals surface area contributed by atoms with Gasteiger partial charge in [-0.1, -0.05) is 51.7 Å². The first kappa shape index (κ1) is 12.9. The molecule has 0 radical (unpaired) electrons. The normalized spacial score (nSPS) is 27.1. The molecule has 1 aliphatic heterocycles. The summed E-state index contributed by atoms with van der Waals surface area (Å²) in [4.78, 5) is 0. The van der Waals surface area contributed by atoms with E-state index in [9.17, 15) is 0 Å². The average Bonchev–Trinajstić information content (AvgIpc) is 2.49. The molecular weight excluding hydrogens is 228 g/mol. The van der Waals surface area contributed by atoms with Crippen molar-refractivity contribution in [2.45, 2.75) is 57.1 Å².